The number of carbonyl (C=O) groups is 2. The molecule has 9 heteroatoms. The van der Waals surface area contributed by atoms with Crippen molar-refractivity contribution < 1.29 is 22.7 Å². The number of hydrogen-bond acceptors (Lipinski definition) is 5. The Bertz CT molecular complexity index is 1070. The van der Waals surface area contributed by atoms with Gasteiger partial charge in [0.15, 0.2) is 0 Å². The van der Waals surface area contributed by atoms with E-state index in [1.165, 1.54) is 4.31 Å². The molecule has 0 aliphatic heterocycles. The zero-order valence-electron chi connectivity index (χ0n) is 21.9. The summed E-state index contributed by atoms with van der Waals surface area (Å²) in [5, 5.41) is 2.92. The van der Waals surface area contributed by atoms with Crippen LogP contribution in [0.4, 0.5) is 5.69 Å². The number of anilines is 1. The van der Waals surface area contributed by atoms with Crippen LogP contribution in [0.15, 0.2) is 54.6 Å². The van der Waals surface area contributed by atoms with Crippen LogP contribution in [-0.4, -0.2) is 63.7 Å². The summed E-state index contributed by atoms with van der Waals surface area (Å²) < 4.78 is 31.3. The molecule has 0 bridgehead atoms. The number of methoxy groups -OCH3 is 1. The number of nitrogens with zero attached hydrogens (tertiary/aromatic N) is 2. The van der Waals surface area contributed by atoms with Crippen LogP contribution in [0.3, 0.4) is 0 Å². The minimum absolute atomic E-state index is 0.0366. The minimum atomic E-state index is -3.55. The highest BCUT2D eigenvalue weighted by molar-refractivity contribution is 7.92. The Hall–Kier alpha value is -3.07. The first-order chi connectivity index (χ1) is 17.1. The zero-order valence-corrected chi connectivity index (χ0v) is 22.8. The lowest BCUT2D eigenvalue weighted by Crippen LogP contribution is -2.51. The fraction of sp³-hybridized carbons (Fsp3) is 0.481. The Morgan fingerprint density at radius 1 is 1.00 bits per heavy atom. The maximum absolute atomic E-state index is 13.4. The van der Waals surface area contributed by atoms with Gasteiger partial charge in [0, 0.05) is 25.6 Å². The van der Waals surface area contributed by atoms with E-state index in [1.807, 2.05) is 51.1 Å². The lowest BCUT2D eigenvalue weighted by Gasteiger charge is -2.31. The monoisotopic (exact) mass is 517 g/mol. The Kier molecular flexibility index (Phi) is 11.2. The molecule has 0 aliphatic carbocycles. The Morgan fingerprint density at radius 2 is 1.64 bits per heavy atom. The van der Waals surface area contributed by atoms with Crippen LogP contribution >= 0.6 is 0 Å². The standard InChI is InChI=1S/C27H39N3O5S/c1-6-25(27(32)28-21(2)3)29(20-18-22-11-8-7-9-12-22)26(31)13-10-19-30(36(5,33)34)23-14-16-24(35-4)17-15-23/h7-9,11-12,14-17,21,25H,6,10,13,18-20H2,1-5H3,(H,28,32). The number of carbonyl (C=O) groups excluding carboxylic acids is 2. The second-order valence-electron chi connectivity index (χ2n) is 9.05. The molecule has 0 heterocycles. The molecule has 36 heavy (non-hydrogen) atoms. The average Bonchev–Trinajstić information content (AvgIpc) is 2.83. The number of rotatable bonds is 14. The molecular weight excluding hydrogens is 478 g/mol. The van der Waals surface area contributed by atoms with E-state index >= 15 is 0 Å². The molecular formula is C27H39N3O5S. The maximum Gasteiger partial charge on any atom is 0.242 e. The number of hydrogen-bond donors (Lipinski definition) is 1. The molecule has 2 amide bonds. The number of ether oxygens (including phenoxy) is 1. The van der Waals surface area contributed by atoms with Gasteiger partial charge in [0.1, 0.15) is 11.8 Å². The Morgan fingerprint density at radius 3 is 2.17 bits per heavy atom. The van der Waals surface area contributed by atoms with Gasteiger partial charge in [-0.15, -0.1) is 0 Å². The van der Waals surface area contributed by atoms with Crippen LogP contribution in [-0.2, 0) is 26.0 Å². The largest absolute Gasteiger partial charge is 0.497 e. The second kappa shape index (κ2) is 13.9. The first kappa shape index (κ1) is 29.2. The third-order valence-electron chi connectivity index (χ3n) is 5.81. The molecule has 1 N–H and O–H groups in total. The Labute approximate surface area is 215 Å². The van der Waals surface area contributed by atoms with Gasteiger partial charge in [-0.3, -0.25) is 13.9 Å². The van der Waals surface area contributed by atoms with Crippen LogP contribution in [0.25, 0.3) is 0 Å². The van der Waals surface area contributed by atoms with E-state index < -0.39 is 16.1 Å². The van der Waals surface area contributed by atoms with Crippen molar-refractivity contribution in [2.24, 2.45) is 0 Å². The third kappa shape index (κ3) is 8.86. The van der Waals surface area contributed by atoms with Crippen LogP contribution in [0, 0.1) is 0 Å². The number of amides is 2. The van der Waals surface area contributed by atoms with E-state index in [0.717, 1.165) is 11.8 Å². The van der Waals surface area contributed by atoms with Crippen molar-refractivity contribution in [3.05, 3.63) is 60.2 Å². The summed E-state index contributed by atoms with van der Waals surface area (Å²) in [6, 6.07) is 16.0. The lowest BCUT2D eigenvalue weighted by atomic mass is 10.1. The summed E-state index contributed by atoms with van der Waals surface area (Å²) in [6.45, 7) is 6.22. The molecule has 1 atom stereocenters. The molecule has 2 rings (SSSR count). The maximum atomic E-state index is 13.4. The topological polar surface area (TPSA) is 96.0 Å². The van der Waals surface area contributed by atoms with Crippen LogP contribution in [0.1, 0.15) is 45.6 Å². The van der Waals surface area contributed by atoms with Crippen molar-refractivity contribution in [2.75, 3.05) is 30.8 Å². The lowest BCUT2D eigenvalue weighted by molar-refractivity contribution is -0.141. The summed E-state index contributed by atoms with van der Waals surface area (Å²) in [7, 11) is -2.00. The van der Waals surface area contributed by atoms with Crippen molar-refractivity contribution in [3.63, 3.8) is 0 Å². The predicted octanol–water partition coefficient (Wildman–Crippen LogP) is 3.62. The number of benzene rings is 2. The fourth-order valence-electron chi connectivity index (χ4n) is 4.03. The van der Waals surface area contributed by atoms with Gasteiger partial charge in [-0.2, -0.15) is 0 Å². The molecule has 0 radical (unpaired) electrons. The fourth-order valence-corrected chi connectivity index (χ4v) is 4.99. The van der Waals surface area contributed by atoms with E-state index in [9.17, 15) is 18.0 Å². The molecule has 0 spiro atoms. The van der Waals surface area contributed by atoms with Crippen LogP contribution in [0.2, 0.25) is 0 Å². The second-order valence-corrected chi connectivity index (χ2v) is 11.0. The van der Waals surface area contributed by atoms with Gasteiger partial charge >= 0.3 is 0 Å². The van der Waals surface area contributed by atoms with Gasteiger partial charge in [-0.25, -0.2) is 8.42 Å². The summed E-state index contributed by atoms with van der Waals surface area (Å²) >= 11 is 0. The summed E-state index contributed by atoms with van der Waals surface area (Å²) in [5.41, 5.74) is 1.59. The van der Waals surface area contributed by atoms with Crippen molar-refractivity contribution >= 4 is 27.5 Å². The molecule has 0 aliphatic rings. The highest BCUT2D eigenvalue weighted by Crippen LogP contribution is 2.22. The smallest absolute Gasteiger partial charge is 0.242 e. The van der Waals surface area contributed by atoms with E-state index in [2.05, 4.69) is 5.32 Å². The molecule has 0 fully saturated rings. The van der Waals surface area contributed by atoms with Gasteiger partial charge in [0.2, 0.25) is 21.8 Å². The van der Waals surface area contributed by atoms with Crippen molar-refractivity contribution in [1.29, 1.82) is 0 Å². The number of nitrogens with one attached hydrogen (secondary N) is 1. The predicted molar refractivity (Wildman–Crippen MR) is 144 cm³/mol. The van der Waals surface area contributed by atoms with Crippen LogP contribution < -0.4 is 14.4 Å². The summed E-state index contributed by atoms with van der Waals surface area (Å²) in [4.78, 5) is 27.9. The normalized spacial score (nSPS) is 12.2. The van der Waals surface area contributed by atoms with Crippen LogP contribution in [0.5, 0.6) is 5.75 Å². The van der Waals surface area contributed by atoms with Gasteiger partial charge in [0.05, 0.1) is 19.1 Å². The zero-order chi connectivity index (χ0) is 26.7. The van der Waals surface area contributed by atoms with E-state index in [-0.39, 0.29) is 30.8 Å². The van der Waals surface area contributed by atoms with E-state index in [4.69, 9.17) is 4.74 Å². The van der Waals surface area contributed by atoms with E-state index in [1.54, 1.807) is 36.3 Å². The molecule has 0 saturated carbocycles. The third-order valence-corrected chi connectivity index (χ3v) is 7.01. The first-order valence-electron chi connectivity index (χ1n) is 12.3. The summed E-state index contributed by atoms with van der Waals surface area (Å²) in [6.07, 6.45) is 2.71. The van der Waals surface area contributed by atoms with Gasteiger partial charge in [0.25, 0.3) is 0 Å². The van der Waals surface area contributed by atoms with Crippen molar-refractivity contribution in [1.82, 2.24) is 10.2 Å². The first-order valence-corrected chi connectivity index (χ1v) is 14.2. The van der Waals surface area contributed by atoms with Crippen molar-refractivity contribution in [2.45, 2.75) is 58.5 Å². The minimum Gasteiger partial charge on any atom is -0.497 e. The molecule has 8 nitrogen and oxygen atoms in total. The van der Waals surface area contributed by atoms with Gasteiger partial charge in [-0.05, 0) is 62.9 Å². The Balaban J connectivity index is 2.15. The molecule has 0 saturated heterocycles. The van der Waals surface area contributed by atoms with Gasteiger partial charge < -0.3 is 15.0 Å². The van der Waals surface area contributed by atoms with Gasteiger partial charge in [-0.1, -0.05) is 37.3 Å². The molecule has 198 valence electrons. The summed E-state index contributed by atoms with van der Waals surface area (Å²) in [5.74, 6) is 0.284. The highest BCUT2D eigenvalue weighted by atomic mass is 32.2. The highest BCUT2D eigenvalue weighted by Gasteiger charge is 2.28. The SMILES string of the molecule is CCC(C(=O)NC(C)C)N(CCc1ccccc1)C(=O)CCCN(c1ccc(OC)cc1)S(C)(=O)=O. The molecule has 1 unspecified atom stereocenters. The van der Waals surface area contributed by atoms with E-state index in [0.29, 0.717) is 37.2 Å². The average molecular weight is 518 g/mol. The molecule has 2 aromatic rings. The molecule has 0 aromatic heterocycles. The number of sulfonamides is 1. The quantitative estimate of drug-likeness (QED) is 0.413. The van der Waals surface area contributed by atoms with Crippen molar-refractivity contribution in [3.8, 4) is 5.75 Å². The molecule has 2 aromatic carbocycles.